The predicted molar refractivity (Wildman–Crippen MR) is 71.2 cm³/mol. The van der Waals surface area contributed by atoms with Crippen LogP contribution in [0.15, 0.2) is 48.5 Å². The number of rotatable bonds is 3. The smallest absolute Gasteiger partial charge is 0.634 e. The van der Waals surface area contributed by atoms with E-state index in [4.69, 9.17) is 4.74 Å². The molecule has 0 heterocycles. The molecule has 0 saturated carbocycles. The van der Waals surface area contributed by atoms with Gasteiger partial charge < -0.3 is 14.8 Å². The summed E-state index contributed by atoms with van der Waals surface area (Å²) in [5, 5.41) is 4.04. The molecule has 0 bridgehead atoms. The van der Waals surface area contributed by atoms with Crippen LogP contribution in [0.3, 0.4) is 0 Å². The Hall–Kier alpha value is -1.23. The van der Waals surface area contributed by atoms with Gasteiger partial charge in [-0.3, -0.25) is 0 Å². The van der Waals surface area contributed by atoms with Crippen molar-refractivity contribution < 1.29 is 47.3 Å². The van der Waals surface area contributed by atoms with Crippen molar-refractivity contribution in [3.05, 3.63) is 71.9 Å². The fourth-order valence-corrected chi connectivity index (χ4v) is 1.59. The summed E-state index contributed by atoms with van der Waals surface area (Å²) in [6, 6.07) is 14.2. The number of carbonyl (C=O) groups excluding carboxylic acids is 1. The van der Waals surface area contributed by atoms with Crippen LogP contribution in [0.1, 0.15) is 15.9 Å². The molecule has 0 atom stereocenters. The summed E-state index contributed by atoms with van der Waals surface area (Å²) >= 11 is 0. The number of nitrogens with zero attached hydrogens (tertiary/aromatic N) is 1. The zero-order valence-electron chi connectivity index (χ0n) is 12.1. The molecular weight excluding hydrogens is 240 g/mol. The van der Waals surface area contributed by atoms with Crippen molar-refractivity contribution in [3.63, 3.8) is 0 Å². The molecule has 0 saturated heterocycles. The quantitative estimate of drug-likeness (QED) is 0.457. The van der Waals surface area contributed by atoms with Gasteiger partial charge in [0.05, 0.1) is 7.11 Å². The summed E-state index contributed by atoms with van der Waals surface area (Å²) in [5.41, 5.74) is 1.76. The molecule has 0 N–H and O–H groups in total. The molecule has 2 aromatic rings. The Morgan fingerprint density at radius 1 is 1.10 bits per heavy atom. The van der Waals surface area contributed by atoms with Crippen molar-refractivity contribution in [2.45, 2.75) is 0 Å². The first-order chi connectivity index (χ1) is 8.70. The molecular formula is C15H13Li2NO2. The van der Waals surface area contributed by atoms with Crippen molar-refractivity contribution in [2.75, 3.05) is 7.11 Å². The van der Waals surface area contributed by atoms with Gasteiger partial charge in [-0.1, -0.05) is 18.2 Å². The molecule has 0 aromatic heterocycles. The second-order valence-electron chi connectivity index (χ2n) is 3.78. The first-order valence-electron chi connectivity index (χ1n) is 5.52. The predicted octanol–water partition coefficient (Wildman–Crippen LogP) is -2.27. The number of hydrogen-bond donors (Lipinski definition) is 0. The van der Waals surface area contributed by atoms with E-state index in [0.29, 0.717) is 22.6 Å². The van der Waals surface area contributed by atoms with Crippen molar-refractivity contribution in [2.24, 2.45) is 0 Å². The molecule has 0 radical (unpaired) electrons. The van der Waals surface area contributed by atoms with Crippen molar-refractivity contribution in [1.82, 2.24) is 0 Å². The standard InChI is InChI=1S/C15H14NO2.2Li/c1-11-6-3-4-9-14(11)15(17)16-12-7-5-8-13(10-12)18-2;;/h3-10H,1H2,2H3,(H,16,17);;/q-1;2*+1/p-1. The largest absolute Gasteiger partial charge is 1.00 e. The minimum absolute atomic E-state index is 0. The monoisotopic (exact) mass is 253 g/mol. The first-order valence-corrected chi connectivity index (χ1v) is 5.52. The summed E-state index contributed by atoms with van der Waals surface area (Å²) in [6.07, 6.45) is 0. The van der Waals surface area contributed by atoms with E-state index in [9.17, 15) is 4.79 Å². The van der Waals surface area contributed by atoms with Crippen LogP contribution in [0.25, 0.3) is 5.32 Å². The van der Waals surface area contributed by atoms with E-state index in [1.165, 1.54) is 0 Å². The number of hydrogen-bond acceptors (Lipinski definition) is 2. The van der Waals surface area contributed by atoms with Gasteiger partial charge in [0, 0.05) is 5.91 Å². The second-order valence-corrected chi connectivity index (χ2v) is 3.78. The Labute approximate surface area is 143 Å². The molecule has 0 fully saturated rings. The Morgan fingerprint density at radius 3 is 2.45 bits per heavy atom. The Kier molecular flexibility index (Phi) is 8.31. The van der Waals surface area contributed by atoms with Crippen LogP contribution in [0.2, 0.25) is 0 Å². The first kappa shape index (κ1) is 18.8. The van der Waals surface area contributed by atoms with E-state index < -0.39 is 0 Å². The van der Waals surface area contributed by atoms with E-state index in [2.05, 4.69) is 12.2 Å². The van der Waals surface area contributed by atoms with Gasteiger partial charge in [-0.15, -0.1) is 23.4 Å². The van der Waals surface area contributed by atoms with Crippen molar-refractivity contribution in [1.29, 1.82) is 0 Å². The number of benzene rings is 2. The summed E-state index contributed by atoms with van der Waals surface area (Å²) in [7, 11) is 1.58. The molecule has 0 aliphatic rings. The fraction of sp³-hybridized carbons (Fsp3) is 0.0667. The van der Waals surface area contributed by atoms with Crippen LogP contribution in [-0.4, -0.2) is 13.0 Å². The minimum Gasteiger partial charge on any atom is -0.634 e. The Balaban J connectivity index is 0.00000180. The zero-order chi connectivity index (χ0) is 13.0. The van der Waals surface area contributed by atoms with Crippen LogP contribution in [0, 0.1) is 6.92 Å². The third kappa shape index (κ3) is 4.71. The molecule has 0 aliphatic heterocycles. The average molecular weight is 253 g/mol. The van der Waals surface area contributed by atoms with Gasteiger partial charge in [0.2, 0.25) is 0 Å². The molecule has 5 heteroatoms. The van der Waals surface area contributed by atoms with E-state index in [-0.39, 0.29) is 43.6 Å². The topological polar surface area (TPSA) is 40.4 Å². The van der Waals surface area contributed by atoms with Crippen LogP contribution in [-0.2, 0) is 0 Å². The average Bonchev–Trinajstić information content (AvgIpc) is 2.39. The fourth-order valence-electron chi connectivity index (χ4n) is 1.59. The second kappa shape index (κ2) is 8.85. The molecule has 92 valence electrons. The third-order valence-corrected chi connectivity index (χ3v) is 2.53. The van der Waals surface area contributed by atoms with Gasteiger partial charge in [-0.2, -0.15) is 18.6 Å². The van der Waals surface area contributed by atoms with Gasteiger partial charge in [0.15, 0.2) is 0 Å². The van der Waals surface area contributed by atoms with Crippen LogP contribution in [0.4, 0.5) is 5.69 Å². The van der Waals surface area contributed by atoms with Crippen molar-refractivity contribution in [3.8, 4) is 5.75 Å². The minimum atomic E-state index is -0.297. The normalized spacial score (nSPS) is 8.85. The molecule has 1 amide bonds. The molecule has 3 nitrogen and oxygen atoms in total. The molecule has 0 unspecified atom stereocenters. The SMILES string of the molecule is [CH2-]c1ccccc1C(=O)[N-]c1cccc(OC)c1.[Li+].[Li+]. The van der Waals surface area contributed by atoms with Crippen LogP contribution in [0.5, 0.6) is 5.75 Å². The molecule has 2 aromatic carbocycles. The summed E-state index contributed by atoms with van der Waals surface area (Å²) in [4.78, 5) is 12.0. The molecule has 0 spiro atoms. The molecule has 2 rings (SSSR count). The Bertz CT molecular complexity index is 573. The van der Waals surface area contributed by atoms with E-state index >= 15 is 0 Å². The summed E-state index contributed by atoms with van der Waals surface area (Å²) in [5.74, 6) is 0.376. The maximum atomic E-state index is 12.0. The van der Waals surface area contributed by atoms with Gasteiger partial charge >= 0.3 is 37.7 Å². The van der Waals surface area contributed by atoms with Gasteiger partial charge in [-0.25, -0.2) is 0 Å². The summed E-state index contributed by atoms with van der Waals surface area (Å²) < 4.78 is 5.08. The zero-order valence-corrected chi connectivity index (χ0v) is 12.1. The van der Waals surface area contributed by atoms with Crippen LogP contribution < -0.4 is 42.5 Å². The van der Waals surface area contributed by atoms with E-state index in [1.54, 1.807) is 49.6 Å². The van der Waals surface area contributed by atoms with Gasteiger partial charge in [0.1, 0.15) is 5.75 Å². The number of carbonyl (C=O) groups is 1. The number of amides is 1. The Morgan fingerprint density at radius 2 is 1.80 bits per heavy atom. The maximum Gasteiger partial charge on any atom is 1.00 e. The maximum absolute atomic E-state index is 12.0. The third-order valence-electron chi connectivity index (χ3n) is 2.53. The van der Waals surface area contributed by atoms with Gasteiger partial charge in [0.25, 0.3) is 0 Å². The van der Waals surface area contributed by atoms with E-state index in [1.807, 2.05) is 6.07 Å². The van der Waals surface area contributed by atoms with Crippen LogP contribution >= 0.6 is 0 Å². The van der Waals surface area contributed by atoms with E-state index in [0.717, 1.165) is 0 Å². The van der Waals surface area contributed by atoms with Gasteiger partial charge in [-0.05, 0) is 12.1 Å². The molecule has 20 heavy (non-hydrogen) atoms. The summed E-state index contributed by atoms with van der Waals surface area (Å²) in [6.45, 7) is 3.81. The number of methoxy groups -OCH3 is 1. The molecule has 0 aliphatic carbocycles. The van der Waals surface area contributed by atoms with Crippen molar-refractivity contribution >= 4 is 11.6 Å². The number of ether oxygens (including phenoxy) is 1.